The second-order valence-electron chi connectivity index (χ2n) is 6.75. The zero-order valence-electron chi connectivity index (χ0n) is 14.6. The van der Waals surface area contributed by atoms with E-state index >= 15 is 0 Å². The van der Waals surface area contributed by atoms with E-state index in [1.165, 1.54) is 0 Å². The van der Waals surface area contributed by atoms with E-state index < -0.39 is 10.0 Å². The Morgan fingerprint density at radius 3 is 2.54 bits per heavy atom. The van der Waals surface area contributed by atoms with Crippen molar-refractivity contribution in [3.63, 3.8) is 0 Å². The zero-order chi connectivity index (χ0) is 18.6. The molecule has 6 nitrogen and oxygen atoms in total. The quantitative estimate of drug-likeness (QED) is 0.599. The van der Waals surface area contributed by atoms with Crippen LogP contribution in [0.25, 0.3) is 10.8 Å². The molecule has 1 aliphatic rings. The SMILES string of the molecule is O=C(CCCC1CCN(S(=O)(=O)c2cccc3ccccc23)CC1)NO. The van der Waals surface area contributed by atoms with Crippen molar-refractivity contribution in [2.75, 3.05) is 13.1 Å². The highest BCUT2D eigenvalue weighted by Crippen LogP contribution is 2.30. The summed E-state index contributed by atoms with van der Waals surface area (Å²) >= 11 is 0. The molecule has 0 atom stereocenters. The lowest BCUT2D eigenvalue weighted by Crippen LogP contribution is -2.38. The molecule has 0 saturated carbocycles. The molecule has 0 aliphatic carbocycles. The van der Waals surface area contributed by atoms with Crippen LogP contribution in [0.2, 0.25) is 0 Å². The van der Waals surface area contributed by atoms with Crippen molar-refractivity contribution in [2.24, 2.45) is 5.92 Å². The Morgan fingerprint density at radius 1 is 1.12 bits per heavy atom. The Hall–Kier alpha value is -1.96. The van der Waals surface area contributed by atoms with Crippen molar-refractivity contribution in [3.05, 3.63) is 42.5 Å². The first-order valence-corrected chi connectivity index (χ1v) is 10.4. The first-order chi connectivity index (χ1) is 12.5. The number of sulfonamides is 1. The molecule has 1 heterocycles. The Bertz CT molecular complexity index is 869. The van der Waals surface area contributed by atoms with E-state index in [4.69, 9.17) is 5.21 Å². The second-order valence-corrected chi connectivity index (χ2v) is 8.66. The van der Waals surface area contributed by atoms with Crippen LogP contribution in [0.15, 0.2) is 47.4 Å². The molecule has 0 bridgehead atoms. The lowest BCUT2D eigenvalue weighted by molar-refractivity contribution is -0.129. The number of carbonyl (C=O) groups excluding carboxylic acids is 1. The molecule has 2 aromatic rings. The molecule has 0 aromatic heterocycles. The van der Waals surface area contributed by atoms with E-state index in [0.717, 1.165) is 30.0 Å². The standard InChI is InChI=1S/C19H24N2O4S/c22-19(20-23)10-3-5-15-11-13-21(14-12-15)26(24,25)18-9-4-7-16-6-1-2-8-17(16)18/h1-2,4,6-9,15,23H,3,5,10-14H2,(H,20,22). The van der Waals surface area contributed by atoms with Gasteiger partial charge in [-0.05, 0) is 43.1 Å². The average molecular weight is 376 g/mol. The van der Waals surface area contributed by atoms with Gasteiger partial charge in [-0.3, -0.25) is 10.0 Å². The fraction of sp³-hybridized carbons (Fsp3) is 0.421. The molecule has 1 amide bonds. The van der Waals surface area contributed by atoms with E-state index in [9.17, 15) is 13.2 Å². The van der Waals surface area contributed by atoms with Crippen LogP contribution in [0.5, 0.6) is 0 Å². The summed E-state index contributed by atoms with van der Waals surface area (Å²) in [7, 11) is -3.51. The minimum absolute atomic E-state index is 0.297. The van der Waals surface area contributed by atoms with Crippen molar-refractivity contribution >= 4 is 26.7 Å². The van der Waals surface area contributed by atoms with Gasteiger partial charge in [-0.1, -0.05) is 36.4 Å². The summed E-state index contributed by atoms with van der Waals surface area (Å²) in [5.74, 6) is 0.0430. The molecular formula is C19H24N2O4S. The first-order valence-electron chi connectivity index (χ1n) is 8.93. The van der Waals surface area contributed by atoms with E-state index in [1.54, 1.807) is 21.9 Å². The largest absolute Gasteiger partial charge is 0.289 e. The van der Waals surface area contributed by atoms with Gasteiger partial charge < -0.3 is 0 Å². The monoisotopic (exact) mass is 376 g/mol. The van der Waals surface area contributed by atoms with Gasteiger partial charge >= 0.3 is 0 Å². The van der Waals surface area contributed by atoms with E-state index in [2.05, 4.69) is 0 Å². The second kappa shape index (κ2) is 8.16. The lowest BCUT2D eigenvalue weighted by Gasteiger charge is -2.31. The molecule has 2 aromatic carbocycles. The van der Waals surface area contributed by atoms with Crippen molar-refractivity contribution in [1.82, 2.24) is 9.79 Å². The highest BCUT2D eigenvalue weighted by atomic mass is 32.2. The minimum Gasteiger partial charge on any atom is -0.289 e. The summed E-state index contributed by atoms with van der Waals surface area (Å²) in [4.78, 5) is 11.4. The van der Waals surface area contributed by atoms with E-state index in [0.29, 0.717) is 36.7 Å². The predicted octanol–water partition coefficient (Wildman–Crippen LogP) is 2.92. The number of rotatable bonds is 6. The van der Waals surface area contributed by atoms with Gasteiger partial charge in [0.05, 0.1) is 4.90 Å². The summed E-state index contributed by atoms with van der Waals surface area (Å²) < 4.78 is 27.8. The number of carbonyl (C=O) groups is 1. The van der Waals surface area contributed by atoms with Crippen LogP contribution >= 0.6 is 0 Å². The van der Waals surface area contributed by atoms with Crippen molar-refractivity contribution in [2.45, 2.75) is 37.0 Å². The molecule has 1 fully saturated rings. The third kappa shape index (κ3) is 4.06. The van der Waals surface area contributed by atoms with Crippen LogP contribution in [0, 0.1) is 5.92 Å². The summed E-state index contributed by atoms with van der Waals surface area (Å²) in [6.45, 7) is 1.00. The van der Waals surface area contributed by atoms with Gasteiger partial charge in [0.1, 0.15) is 0 Å². The van der Waals surface area contributed by atoms with Gasteiger partial charge in [-0.2, -0.15) is 4.31 Å². The minimum atomic E-state index is -3.51. The summed E-state index contributed by atoms with van der Waals surface area (Å²) in [5.41, 5.74) is 1.64. The van der Waals surface area contributed by atoms with Crippen LogP contribution in [-0.2, 0) is 14.8 Å². The fourth-order valence-electron chi connectivity index (χ4n) is 3.61. The number of piperidine rings is 1. The maximum Gasteiger partial charge on any atom is 0.243 e. The van der Waals surface area contributed by atoms with Crippen LogP contribution in [-0.4, -0.2) is 36.9 Å². The Kier molecular flexibility index (Phi) is 5.90. The van der Waals surface area contributed by atoms with Crippen molar-refractivity contribution < 1.29 is 18.4 Å². The number of benzene rings is 2. The number of fused-ring (bicyclic) bond motifs is 1. The normalized spacial score (nSPS) is 16.7. The van der Waals surface area contributed by atoms with Crippen molar-refractivity contribution in [1.29, 1.82) is 0 Å². The van der Waals surface area contributed by atoms with Crippen molar-refractivity contribution in [3.8, 4) is 0 Å². The maximum absolute atomic E-state index is 13.1. The number of nitrogens with zero attached hydrogens (tertiary/aromatic N) is 1. The third-order valence-electron chi connectivity index (χ3n) is 5.08. The molecule has 140 valence electrons. The maximum atomic E-state index is 13.1. The third-order valence-corrected chi connectivity index (χ3v) is 7.04. The number of amides is 1. The molecule has 0 spiro atoms. The Morgan fingerprint density at radius 2 is 1.81 bits per heavy atom. The van der Waals surface area contributed by atoms with Crippen LogP contribution in [0.4, 0.5) is 0 Å². The first kappa shape index (κ1) is 18.8. The molecule has 1 saturated heterocycles. The van der Waals surface area contributed by atoms with Gasteiger partial charge in [0, 0.05) is 24.9 Å². The number of hydrogen-bond donors (Lipinski definition) is 2. The molecule has 0 radical (unpaired) electrons. The molecule has 0 unspecified atom stereocenters. The number of hydroxylamine groups is 1. The average Bonchev–Trinajstić information content (AvgIpc) is 2.67. The topological polar surface area (TPSA) is 86.7 Å². The van der Waals surface area contributed by atoms with Gasteiger partial charge in [-0.25, -0.2) is 13.9 Å². The van der Waals surface area contributed by atoms with E-state index in [1.807, 2.05) is 30.3 Å². The molecule has 2 N–H and O–H groups in total. The molecule has 1 aliphatic heterocycles. The highest BCUT2D eigenvalue weighted by Gasteiger charge is 2.30. The summed E-state index contributed by atoms with van der Waals surface area (Å²) in [6.07, 6.45) is 3.46. The predicted molar refractivity (Wildman–Crippen MR) is 99.2 cm³/mol. The van der Waals surface area contributed by atoms with Crippen LogP contribution in [0.1, 0.15) is 32.1 Å². The van der Waals surface area contributed by atoms with Gasteiger partial charge in [-0.15, -0.1) is 0 Å². The molecular weight excluding hydrogens is 352 g/mol. The smallest absolute Gasteiger partial charge is 0.243 e. The van der Waals surface area contributed by atoms with Gasteiger partial charge in [0.2, 0.25) is 15.9 Å². The number of nitrogens with one attached hydrogen (secondary N) is 1. The van der Waals surface area contributed by atoms with Crippen LogP contribution in [0.3, 0.4) is 0 Å². The Balaban J connectivity index is 1.66. The van der Waals surface area contributed by atoms with Gasteiger partial charge in [0.15, 0.2) is 0 Å². The highest BCUT2D eigenvalue weighted by molar-refractivity contribution is 7.89. The lowest BCUT2D eigenvalue weighted by atomic mass is 9.92. The van der Waals surface area contributed by atoms with Crippen LogP contribution < -0.4 is 5.48 Å². The van der Waals surface area contributed by atoms with Gasteiger partial charge in [0.25, 0.3) is 0 Å². The van der Waals surface area contributed by atoms with E-state index in [-0.39, 0.29) is 5.91 Å². The Labute approximate surface area is 153 Å². The molecule has 7 heteroatoms. The molecule has 3 rings (SSSR count). The summed E-state index contributed by atoms with van der Waals surface area (Å²) in [5, 5.41) is 10.2. The molecule has 26 heavy (non-hydrogen) atoms. The fourth-order valence-corrected chi connectivity index (χ4v) is 5.29. The summed E-state index contributed by atoms with van der Waals surface area (Å²) in [6, 6.07) is 12.9. The number of hydrogen-bond acceptors (Lipinski definition) is 4. The zero-order valence-corrected chi connectivity index (χ0v) is 15.4.